The summed E-state index contributed by atoms with van der Waals surface area (Å²) in [4.78, 5) is 20.6. The number of guanidine groups is 1. The third-order valence-corrected chi connectivity index (χ3v) is 6.32. The molecule has 1 saturated carbocycles. The van der Waals surface area contributed by atoms with Crippen LogP contribution >= 0.6 is 22.6 Å². The molecule has 146 valence electrons. The Morgan fingerprint density at radius 1 is 1.07 bits per heavy atom. The number of aliphatic imine (C=N–C) groups is 1. The molecule has 0 aromatic heterocycles. The highest BCUT2D eigenvalue weighted by Gasteiger charge is 2.69. The zero-order valence-electron chi connectivity index (χ0n) is 15.5. The minimum atomic E-state index is -0.821. The third kappa shape index (κ3) is 2.76. The van der Waals surface area contributed by atoms with E-state index in [1.54, 1.807) is 0 Å². The summed E-state index contributed by atoms with van der Waals surface area (Å²) < 4.78 is 29.6. The molecule has 2 heterocycles. The summed E-state index contributed by atoms with van der Waals surface area (Å²) >= 11 is 2.25. The van der Waals surface area contributed by atoms with Gasteiger partial charge in [-0.05, 0) is 44.0 Å². The smallest absolute Gasteiger partial charge is 0.260 e. The van der Waals surface area contributed by atoms with E-state index in [0.717, 1.165) is 10.5 Å². The van der Waals surface area contributed by atoms with Gasteiger partial charge in [0.25, 0.3) is 5.91 Å². The number of rotatable bonds is 1. The Labute approximate surface area is 180 Å². The highest BCUT2D eigenvalue weighted by Crippen LogP contribution is 2.55. The molecule has 1 saturated heterocycles. The van der Waals surface area contributed by atoms with Crippen molar-refractivity contribution in [2.45, 2.75) is 28.8 Å². The molecule has 2 aromatic carbocycles. The fourth-order valence-corrected chi connectivity index (χ4v) is 4.89. The van der Waals surface area contributed by atoms with E-state index < -0.39 is 17.2 Å². The largest absolute Gasteiger partial charge is 0.311 e. The third-order valence-electron chi connectivity index (χ3n) is 5.49. The zero-order chi connectivity index (χ0) is 20.4. The number of halogens is 3. The van der Waals surface area contributed by atoms with Crippen molar-refractivity contribution in [3.63, 3.8) is 0 Å². The lowest BCUT2D eigenvalue weighted by Crippen LogP contribution is -2.47. The summed E-state index contributed by atoms with van der Waals surface area (Å²) in [6.45, 7) is 2.45. The molecule has 29 heavy (non-hydrogen) atoms. The van der Waals surface area contributed by atoms with Crippen molar-refractivity contribution in [1.29, 1.82) is 0 Å². The quantitative estimate of drug-likeness (QED) is 0.255. The molecule has 3 aliphatic rings. The Balaban J connectivity index is 1.54. The lowest BCUT2D eigenvalue weighted by Gasteiger charge is -2.32. The highest BCUT2D eigenvalue weighted by atomic mass is 127. The highest BCUT2D eigenvalue weighted by molar-refractivity contribution is 14.1. The first-order chi connectivity index (χ1) is 13.8. The van der Waals surface area contributed by atoms with Crippen LogP contribution in [0.1, 0.15) is 30.9 Å². The van der Waals surface area contributed by atoms with Crippen LogP contribution in [-0.4, -0.2) is 32.4 Å². The van der Waals surface area contributed by atoms with Crippen LogP contribution in [0, 0.1) is 23.5 Å². The summed E-state index contributed by atoms with van der Waals surface area (Å²) in [5, 5.41) is 0. The van der Waals surface area contributed by atoms with Gasteiger partial charge in [-0.2, -0.15) is 0 Å². The predicted molar refractivity (Wildman–Crippen MR) is 115 cm³/mol. The fourth-order valence-electron chi connectivity index (χ4n) is 4.04. The molecule has 2 fully saturated rings. The second kappa shape index (κ2) is 6.26. The van der Waals surface area contributed by atoms with Gasteiger partial charge < -0.3 is 4.90 Å². The summed E-state index contributed by atoms with van der Waals surface area (Å²) in [5.41, 5.74) is -0.123. The van der Waals surface area contributed by atoms with Gasteiger partial charge in [-0.25, -0.2) is 18.7 Å². The number of anilines is 1. The van der Waals surface area contributed by atoms with Crippen LogP contribution in [0.3, 0.4) is 0 Å². The fraction of sp³-hybridized carbons (Fsp3) is 0.273. The van der Waals surface area contributed by atoms with Crippen LogP contribution in [0.5, 0.6) is 0 Å². The van der Waals surface area contributed by atoms with E-state index in [-0.39, 0.29) is 20.7 Å². The number of hydrogen-bond donors (Lipinski definition) is 0. The van der Waals surface area contributed by atoms with Crippen LogP contribution < -0.4 is 4.90 Å². The Bertz CT molecular complexity index is 1110. The van der Waals surface area contributed by atoms with Gasteiger partial charge in [0.2, 0.25) is 5.96 Å². The van der Waals surface area contributed by atoms with E-state index >= 15 is 8.78 Å². The van der Waals surface area contributed by atoms with Gasteiger partial charge in [0.1, 0.15) is 14.8 Å². The van der Waals surface area contributed by atoms with Crippen LogP contribution in [0.2, 0.25) is 0 Å². The van der Waals surface area contributed by atoms with Gasteiger partial charge in [-0.3, -0.25) is 4.79 Å². The lowest BCUT2D eigenvalue weighted by molar-refractivity contribution is -0.121. The van der Waals surface area contributed by atoms with Crippen molar-refractivity contribution in [1.82, 2.24) is 4.90 Å². The molecule has 4 nitrogen and oxygen atoms in total. The summed E-state index contributed by atoms with van der Waals surface area (Å²) in [7, 11) is 0. The van der Waals surface area contributed by atoms with E-state index in [2.05, 4.69) is 39.4 Å². The predicted octanol–water partition coefficient (Wildman–Crippen LogP) is 4.07. The maximum atomic E-state index is 15.0. The number of benzene rings is 2. The van der Waals surface area contributed by atoms with Crippen molar-refractivity contribution in [3.8, 4) is 11.8 Å². The van der Waals surface area contributed by atoms with E-state index in [4.69, 9.17) is 0 Å². The van der Waals surface area contributed by atoms with Gasteiger partial charge in [-0.1, -0.05) is 52.6 Å². The van der Waals surface area contributed by atoms with Crippen LogP contribution in [0.4, 0.5) is 14.5 Å². The van der Waals surface area contributed by atoms with Crippen molar-refractivity contribution in [2.75, 3.05) is 11.4 Å². The molecule has 7 heteroatoms. The summed E-state index contributed by atoms with van der Waals surface area (Å²) in [5.74, 6) is 4.06. The molecule has 1 unspecified atom stereocenters. The second-order valence-electron chi connectivity index (χ2n) is 7.67. The van der Waals surface area contributed by atoms with Gasteiger partial charge in [0, 0.05) is 11.1 Å². The van der Waals surface area contributed by atoms with E-state index in [1.807, 2.05) is 42.2 Å². The van der Waals surface area contributed by atoms with Gasteiger partial charge in [0.05, 0.1) is 6.54 Å². The number of hydrogen-bond acceptors (Lipinski definition) is 3. The first kappa shape index (κ1) is 18.6. The van der Waals surface area contributed by atoms with Crippen molar-refractivity contribution in [3.05, 3.63) is 65.2 Å². The molecule has 2 aliphatic heterocycles. The van der Waals surface area contributed by atoms with Crippen LogP contribution in [0.25, 0.3) is 0 Å². The van der Waals surface area contributed by atoms with Gasteiger partial charge >= 0.3 is 0 Å². The number of nitrogens with zero attached hydrogens (tertiary/aromatic N) is 3. The maximum Gasteiger partial charge on any atom is 0.260 e. The standard InChI is InChI=1S/C22H16F2IN3O/c1-21(25)13-26-20-27(19(29)22(9-10-22)28(20)21)18-16(23)11-15(12-17(18)24)8-7-14-5-3-2-4-6-14/h2-6,11-12H,9-10,13H2,1H3. The topological polar surface area (TPSA) is 35.9 Å². The molecule has 1 atom stereocenters. The van der Waals surface area contributed by atoms with Crippen molar-refractivity contribution >= 4 is 40.1 Å². The van der Waals surface area contributed by atoms with Gasteiger partial charge in [0.15, 0.2) is 11.6 Å². The van der Waals surface area contributed by atoms with E-state index in [0.29, 0.717) is 25.3 Å². The number of carbonyl (C=O) groups is 1. The maximum absolute atomic E-state index is 15.0. The minimum Gasteiger partial charge on any atom is -0.311 e. The van der Waals surface area contributed by atoms with Crippen molar-refractivity contribution < 1.29 is 13.6 Å². The molecule has 1 amide bonds. The van der Waals surface area contributed by atoms with E-state index in [9.17, 15) is 4.79 Å². The zero-order valence-corrected chi connectivity index (χ0v) is 17.7. The SMILES string of the molecule is CC1(I)CN=C2N(c3c(F)cc(C#Cc4ccccc4)cc3F)C(=O)C3(CC3)N21. The average molecular weight is 503 g/mol. The summed E-state index contributed by atoms with van der Waals surface area (Å²) in [6.07, 6.45) is 1.34. The second-order valence-corrected chi connectivity index (χ2v) is 9.99. The number of carbonyl (C=O) groups excluding carboxylic acids is 1. The van der Waals surface area contributed by atoms with E-state index in [1.165, 1.54) is 12.1 Å². The molecule has 5 rings (SSSR count). The summed E-state index contributed by atoms with van der Waals surface area (Å²) in [6, 6.07) is 11.5. The molecular weight excluding hydrogens is 487 g/mol. The van der Waals surface area contributed by atoms with Crippen LogP contribution in [-0.2, 0) is 4.79 Å². The molecule has 1 aliphatic carbocycles. The van der Waals surface area contributed by atoms with Crippen LogP contribution in [0.15, 0.2) is 47.5 Å². The Kier molecular flexibility index (Phi) is 4.01. The monoisotopic (exact) mass is 503 g/mol. The first-order valence-electron chi connectivity index (χ1n) is 9.28. The Morgan fingerprint density at radius 2 is 1.69 bits per heavy atom. The Morgan fingerprint density at radius 3 is 2.31 bits per heavy atom. The number of alkyl halides is 1. The molecule has 0 N–H and O–H groups in total. The first-order valence-corrected chi connectivity index (χ1v) is 10.4. The molecule has 2 aromatic rings. The lowest BCUT2D eigenvalue weighted by atomic mass is 10.1. The van der Waals surface area contributed by atoms with Gasteiger partial charge in [-0.15, -0.1) is 0 Å². The Hall–Kier alpha value is -2.47. The minimum absolute atomic E-state index is 0.212. The molecule has 1 spiro atoms. The van der Waals surface area contributed by atoms with Crippen molar-refractivity contribution in [2.24, 2.45) is 4.99 Å². The average Bonchev–Trinajstić information content (AvgIpc) is 3.36. The number of amides is 1. The number of fused-ring (bicyclic) bond motifs is 2. The molecule has 0 bridgehead atoms. The normalized spacial score (nSPS) is 23.7. The molecule has 0 radical (unpaired) electrons. The molecular formula is C22H16F2IN3O.